The first-order valence-electron chi connectivity index (χ1n) is 7.48. The molecule has 0 saturated carbocycles. The second-order valence-electron chi connectivity index (χ2n) is 5.60. The van der Waals surface area contributed by atoms with Gasteiger partial charge in [-0.25, -0.2) is 0 Å². The summed E-state index contributed by atoms with van der Waals surface area (Å²) in [6.07, 6.45) is 1.50. The molecule has 0 atom stereocenters. The van der Waals surface area contributed by atoms with Gasteiger partial charge in [-0.2, -0.15) is 0 Å². The molecular weight excluding hydrogens is 382 g/mol. The lowest BCUT2D eigenvalue weighted by Gasteiger charge is -2.09. The third-order valence-corrected chi connectivity index (χ3v) is 5.59. The van der Waals surface area contributed by atoms with E-state index >= 15 is 0 Å². The van der Waals surface area contributed by atoms with E-state index in [2.05, 4.69) is 24.3 Å². The summed E-state index contributed by atoms with van der Waals surface area (Å²) in [6, 6.07) is 19.8. The SMILES string of the molecule is Clc1cccc(Cc2ccc(Cc3cccc(Cl)c3Cl)cc2)c1Cl. The molecule has 0 unspecified atom stereocenters. The fourth-order valence-corrected chi connectivity index (χ4v) is 3.36. The van der Waals surface area contributed by atoms with Crippen LogP contribution in [0.15, 0.2) is 60.7 Å². The van der Waals surface area contributed by atoms with Crippen LogP contribution < -0.4 is 0 Å². The van der Waals surface area contributed by atoms with Gasteiger partial charge < -0.3 is 0 Å². The molecule has 0 heterocycles. The van der Waals surface area contributed by atoms with Gasteiger partial charge in [0.1, 0.15) is 0 Å². The van der Waals surface area contributed by atoms with Crippen molar-refractivity contribution >= 4 is 46.4 Å². The van der Waals surface area contributed by atoms with Crippen molar-refractivity contribution in [2.75, 3.05) is 0 Å². The summed E-state index contributed by atoms with van der Waals surface area (Å²) in [5.41, 5.74) is 4.41. The van der Waals surface area contributed by atoms with E-state index in [4.69, 9.17) is 46.4 Å². The Hall–Kier alpha value is -1.18. The van der Waals surface area contributed by atoms with Crippen LogP contribution in [0.4, 0.5) is 0 Å². The Bertz CT molecular complexity index is 782. The highest BCUT2D eigenvalue weighted by Crippen LogP contribution is 2.29. The molecule has 0 amide bonds. The molecule has 0 fully saturated rings. The lowest BCUT2D eigenvalue weighted by Crippen LogP contribution is -1.93. The molecule has 0 aliphatic heterocycles. The Labute approximate surface area is 161 Å². The lowest BCUT2D eigenvalue weighted by molar-refractivity contribution is 1.15. The van der Waals surface area contributed by atoms with E-state index in [9.17, 15) is 0 Å². The van der Waals surface area contributed by atoms with Crippen molar-refractivity contribution < 1.29 is 0 Å². The third-order valence-electron chi connectivity index (χ3n) is 3.88. The predicted octanol–water partition coefficient (Wildman–Crippen LogP) is 7.48. The summed E-state index contributed by atoms with van der Waals surface area (Å²) in [5, 5.41) is 2.41. The molecule has 0 N–H and O–H groups in total. The quantitative estimate of drug-likeness (QED) is 0.429. The zero-order valence-corrected chi connectivity index (χ0v) is 15.7. The van der Waals surface area contributed by atoms with Crippen molar-refractivity contribution in [3.8, 4) is 0 Å². The highest BCUT2D eigenvalue weighted by atomic mass is 35.5. The maximum atomic E-state index is 6.25. The van der Waals surface area contributed by atoms with E-state index in [0.29, 0.717) is 20.1 Å². The van der Waals surface area contributed by atoms with Crippen molar-refractivity contribution in [2.45, 2.75) is 12.8 Å². The Morgan fingerprint density at radius 1 is 0.500 bits per heavy atom. The van der Waals surface area contributed by atoms with Gasteiger partial charge in [0, 0.05) is 0 Å². The molecule has 0 spiro atoms. The maximum absolute atomic E-state index is 6.25. The van der Waals surface area contributed by atoms with Gasteiger partial charge >= 0.3 is 0 Å². The Morgan fingerprint density at radius 3 is 1.25 bits per heavy atom. The second kappa shape index (κ2) is 7.80. The Balaban J connectivity index is 1.76. The maximum Gasteiger partial charge on any atom is 0.0627 e. The summed E-state index contributed by atoms with van der Waals surface area (Å²) < 4.78 is 0. The molecular formula is C20H14Cl4. The van der Waals surface area contributed by atoms with E-state index in [1.54, 1.807) is 12.1 Å². The van der Waals surface area contributed by atoms with Gasteiger partial charge in [-0.1, -0.05) is 94.9 Å². The van der Waals surface area contributed by atoms with Gasteiger partial charge in [-0.15, -0.1) is 0 Å². The first kappa shape index (κ1) is 17.6. The molecule has 3 rings (SSSR count). The molecule has 0 nitrogen and oxygen atoms in total. The number of hydrogen-bond acceptors (Lipinski definition) is 0. The van der Waals surface area contributed by atoms with Crippen molar-refractivity contribution in [2.24, 2.45) is 0 Å². The van der Waals surface area contributed by atoms with Crippen LogP contribution in [0.1, 0.15) is 22.3 Å². The molecule has 0 bridgehead atoms. The standard InChI is InChI=1S/C20H14Cl4/c21-17-5-1-3-15(19(17)23)11-13-7-9-14(10-8-13)12-16-4-2-6-18(22)20(16)24/h1-10H,11-12H2. The zero-order valence-electron chi connectivity index (χ0n) is 12.7. The van der Waals surface area contributed by atoms with Gasteiger partial charge in [0.25, 0.3) is 0 Å². The van der Waals surface area contributed by atoms with Gasteiger partial charge in [0.2, 0.25) is 0 Å². The van der Waals surface area contributed by atoms with Crippen LogP contribution in [-0.2, 0) is 12.8 Å². The zero-order chi connectivity index (χ0) is 17.1. The molecule has 3 aromatic rings. The fraction of sp³-hybridized carbons (Fsp3) is 0.100. The van der Waals surface area contributed by atoms with Crippen LogP contribution in [0.25, 0.3) is 0 Å². The Morgan fingerprint density at radius 2 is 0.875 bits per heavy atom. The van der Waals surface area contributed by atoms with Crippen LogP contribution in [0.3, 0.4) is 0 Å². The van der Waals surface area contributed by atoms with Crippen molar-refractivity contribution in [1.82, 2.24) is 0 Å². The van der Waals surface area contributed by atoms with E-state index in [1.165, 1.54) is 11.1 Å². The minimum Gasteiger partial charge on any atom is -0.0827 e. The first-order chi connectivity index (χ1) is 11.5. The number of rotatable bonds is 4. The van der Waals surface area contributed by atoms with Crippen LogP contribution >= 0.6 is 46.4 Å². The highest BCUT2D eigenvalue weighted by Gasteiger charge is 2.07. The van der Waals surface area contributed by atoms with Gasteiger partial charge in [0.15, 0.2) is 0 Å². The molecule has 24 heavy (non-hydrogen) atoms. The third kappa shape index (κ3) is 4.07. The summed E-state index contributed by atoms with van der Waals surface area (Å²) in [5.74, 6) is 0. The molecule has 0 radical (unpaired) electrons. The first-order valence-corrected chi connectivity index (χ1v) is 8.99. The average Bonchev–Trinajstić information content (AvgIpc) is 2.58. The largest absolute Gasteiger partial charge is 0.0827 e. The van der Waals surface area contributed by atoms with Crippen molar-refractivity contribution in [3.63, 3.8) is 0 Å². The van der Waals surface area contributed by atoms with Crippen LogP contribution in [0.2, 0.25) is 20.1 Å². The molecule has 0 aromatic heterocycles. The van der Waals surface area contributed by atoms with E-state index in [-0.39, 0.29) is 0 Å². The molecule has 4 heteroatoms. The Kier molecular flexibility index (Phi) is 5.73. The van der Waals surface area contributed by atoms with Crippen molar-refractivity contribution in [3.05, 3.63) is 103 Å². The predicted molar refractivity (Wildman–Crippen MR) is 105 cm³/mol. The van der Waals surface area contributed by atoms with Gasteiger partial charge in [-0.05, 0) is 47.2 Å². The van der Waals surface area contributed by atoms with Crippen molar-refractivity contribution in [1.29, 1.82) is 0 Å². The minimum atomic E-state index is 0.585. The highest BCUT2D eigenvalue weighted by molar-refractivity contribution is 6.43. The van der Waals surface area contributed by atoms with E-state index in [1.807, 2.05) is 24.3 Å². The summed E-state index contributed by atoms with van der Waals surface area (Å²) >= 11 is 24.6. The lowest BCUT2D eigenvalue weighted by atomic mass is 10.0. The molecule has 0 aliphatic carbocycles. The van der Waals surface area contributed by atoms with Gasteiger partial charge in [-0.3, -0.25) is 0 Å². The van der Waals surface area contributed by atoms with E-state index in [0.717, 1.165) is 24.0 Å². The van der Waals surface area contributed by atoms with Gasteiger partial charge in [0.05, 0.1) is 20.1 Å². The molecule has 3 aromatic carbocycles. The topological polar surface area (TPSA) is 0 Å². The monoisotopic (exact) mass is 394 g/mol. The van der Waals surface area contributed by atoms with E-state index < -0.39 is 0 Å². The molecule has 0 saturated heterocycles. The summed E-state index contributed by atoms with van der Waals surface area (Å²) in [6.45, 7) is 0. The number of halogens is 4. The second-order valence-corrected chi connectivity index (χ2v) is 7.17. The van der Waals surface area contributed by atoms with Crippen LogP contribution in [0, 0.1) is 0 Å². The fourth-order valence-electron chi connectivity index (χ4n) is 2.58. The summed E-state index contributed by atoms with van der Waals surface area (Å²) in [7, 11) is 0. The minimum absolute atomic E-state index is 0.585. The number of hydrogen-bond donors (Lipinski definition) is 0. The summed E-state index contributed by atoms with van der Waals surface area (Å²) in [4.78, 5) is 0. The smallest absolute Gasteiger partial charge is 0.0627 e. The van der Waals surface area contributed by atoms with Crippen LogP contribution in [0.5, 0.6) is 0 Å². The average molecular weight is 396 g/mol. The number of benzene rings is 3. The normalized spacial score (nSPS) is 10.8. The van der Waals surface area contributed by atoms with Crippen LogP contribution in [-0.4, -0.2) is 0 Å². The molecule has 122 valence electrons. The molecule has 0 aliphatic rings.